The van der Waals surface area contributed by atoms with Gasteiger partial charge in [0.15, 0.2) is 0 Å². The van der Waals surface area contributed by atoms with Gasteiger partial charge >= 0.3 is 0 Å². The fraction of sp³-hybridized carbons (Fsp3) is 0. The SMILES string of the molecule is C=C=Cc1nccs1. The molecule has 0 atom stereocenters. The summed E-state index contributed by atoms with van der Waals surface area (Å²) in [6, 6.07) is 0. The lowest BCUT2D eigenvalue weighted by atomic mass is 10.6. The maximum Gasteiger partial charge on any atom is 0.123 e. The van der Waals surface area contributed by atoms with Crippen LogP contribution in [0.4, 0.5) is 0 Å². The minimum atomic E-state index is 0.958. The third-order valence-corrected chi connectivity index (χ3v) is 1.40. The number of nitrogens with zero attached hydrogens (tertiary/aromatic N) is 1. The molecule has 0 amide bonds. The Hall–Kier alpha value is -0.850. The smallest absolute Gasteiger partial charge is 0.123 e. The Bertz CT molecular complexity index is 194. The van der Waals surface area contributed by atoms with Gasteiger partial charge in [0.05, 0.1) is 0 Å². The molecule has 2 heteroatoms. The van der Waals surface area contributed by atoms with Gasteiger partial charge in [-0.25, -0.2) is 4.98 Å². The quantitative estimate of drug-likeness (QED) is 0.520. The van der Waals surface area contributed by atoms with Crippen LogP contribution in [-0.2, 0) is 0 Å². The molecule has 1 aromatic heterocycles. The summed E-state index contributed by atoms with van der Waals surface area (Å²) in [5.41, 5.74) is 2.64. The highest BCUT2D eigenvalue weighted by Crippen LogP contribution is 2.03. The van der Waals surface area contributed by atoms with Crippen molar-refractivity contribution in [1.29, 1.82) is 0 Å². The van der Waals surface area contributed by atoms with E-state index < -0.39 is 0 Å². The van der Waals surface area contributed by atoms with Gasteiger partial charge in [-0.1, -0.05) is 6.58 Å². The lowest BCUT2D eigenvalue weighted by molar-refractivity contribution is 1.40. The highest BCUT2D eigenvalue weighted by Gasteiger charge is 1.82. The van der Waals surface area contributed by atoms with Gasteiger partial charge in [0.25, 0.3) is 0 Å². The first-order chi connectivity index (χ1) is 3.93. The van der Waals surface area contributed by atoms with Crippen molar-refractivity contribution in [3.8, 4) is 0 Å². The molecule has 0 aliphatic heterocycles. The van der Waals surface area contributed by atoms with Crippen LogP contribution in [0.1, 0.15) is 5.01 Å². The Kier molecular flexibility index (Phi) is 1.62. The fourth-order valence-corrected chi connectivity index (χ4v) is 0.927. The first kappa shape index (κ1) is 5.29. The standard InChI is InChI=1S/C6H5NS/c1-2-3-6-7-4-5-8-6/h3-5H,1H2. The Balaban J connectivity index is 2.93. The van der Waals surface area contributed by atoms with Crippen LogP contribution in [0, 0.1) is 0 Å². The fourth-order valence-electron chi connectivity index (χ4n) is 0.393. The molecule has 0 fully saturated rings. The summed E-state index contributed by atoms with van der Waals surface area (Å²) >= 11 is 1.58. The molecule has 1 nitrogen and oxygen atoms in total. The van der Waals surface area contributed by atoms with Crippen LogP contribution in [-0.4, -0.2) is 4.98 Å². The molecule has 0 N–H and O–H groups in total. The van der Waals surface area contributed by atoms with Crippen LogP contribution < -0.4 is 0 Å². The van der Waals surface area contributed by atoms with Gasteiger partial charge in [-0.05, 0) is 0 Å². The van der Waals surface area contributed by atoms with E-state index in [-0.39, 0.29) is 0 Å². The van der Waals surface area contributed by atoms with Gasteiger partial charge in [-0.15, -0.1) is 17.1 Å². The largest absolute Gasteiger partial charge is 0.245 e. The highest BCUT2D eigenvalue weighted by atomic mass is 32.1. The highest BCUT2D eigenvalue weighted by molar-refractivity contribution is 7.10. The number of aromatic nitrogens is 1. The average molecular weight is 123 g/mol. The maximum absolute atomic E-state index is 3.97. The topological polar surface area (TPSA) is 12.9 Å². The lowest BCUT2D eigenvalue weighted by Crippen LogP contribution is -1.59. The van der Waals surface area contributed by atoms with Crippen LogP contribution in [0.2, 0.25) is 0 Å². The average Bonchev–Trinajstić information content (AvgIpc) is 2.19. The molecule has 0 aliphatic carbocycles. The molecule has 0 bridgehead atoms. The second-order valence-corrected chi connectivity index (χ2v) is 2.14. The van der Waals surface area contributed by atoms with Gasteiger partial charge in [0.2, 0.25) is 0 Å². The molecule has 0 aromatic carbocycles. The van der Waals surface area contributed by atoms with Crippen molar-refractivity contribution in [2.24, 2.45) is 0 Å². The summed E-state index contributed by atoms with van der Waals surface area (Å²) in [5.74, 6) is 0. The molecule has 40 valence electrons. The zero-order chi connectivity index (χ0) is 5.82. The predicted octanol–water partition coefficient (Wildman–Crippen LogP) is 1.94. The number of hydrogen-bond acceptors (Lipinski definition) is 2. The van der Waals surface area contributed by atoms with E-state index in [0.29, 0.717) is 0 Å². The van der Waals surface area contributed by atoms with Crippen molar-refractivity contribution >= 4 is 17.4 Å². The third-order valence-electron chi connectivity index (χ3n) is 0.677. The van der Waals surface area contributed by atoms with Crippen LogP contribution in [0.3, 0.4) is 0 Å². The number of rotatable bonds is 1. The summed E-state index contributed by atoms with van der Waals surface area (Å²) in [6.45, 7) is 3.42. The lowest BCUT2D eigenvalue weighted by Gasteiger charge is -1.70. The van der Waals surface area contributed by atoms with E-state index in [0.717, 1.165) is 5.01 Å². The first-order valence-corrected chi connectivity index (χ1v) is 3.07. The molecule has 0 saturated carbocycles. The van der Waals surface area contributed by atoms with Crippen molar-refractivity contribution in [1.82, 2.24) is 4.98 Å². The molecule has 0 radical (unpaired) electrons. The van der Waals surface area contributed by atoms with Crippen LogP contribution in [0.15, 0.2) is 23.9 Å². The van der Waals surface area contributed by atoms with E-state index in [1.54, 1.807) is 23.6 Å². The maximum atomic E-state index is 3.97. The summed E-state index contributed by atoms with van der Waals surface area (Å²) in [6.07, 6.45) is 3.51. The van der Waals surface area contributed by atoms with Gasteiger partial charge in [-0.2, -0.15) is 0 Å². The van der Waals surface area contributed by atoms with E-state index >= 15 is 0 Å². The van der Waals surface area contributed by atoms with Crippen molar-refractivity contribution in [3.63, 3.8) is 0 Å². The Morgan fingerprint density at radius 3 is 3.25 bits per heavy atom. The molecule has 0 aliphatic rings. The number of hydrogen-bond donors (Lipinski definition) is 0. The first-order valence-electron chi connectivity index (χ1n) is 2.19. The summed E-state index contributed by atoms with van der Waals surface area (Å²) in [4.78, 5) is 3.97. The molecular weight excluding hydrogens is 118 g/mol. The Labute approximate surface area is 52.0 Å². The number of thiazole rings is 1. The Morgan fingerprint density at radius 1 is 1.88 bits per heavy atom. The second kappa shape index (κ2) is 2.46. The zero-order valence-corrected chi connectivity index (χ0v) is 5.11. The zero-order valence-electron chi connectivity index (χ0n) is 4.29. The molecule has 0 spiro atoms. The van der Waals surface area contributed by atoms with Crippen molar-refractivity contribution < 1.29 is 0 Å². The van der Waals surface area contributed by atoms with Crippen LogP contribution >= 0.6 is 11.3 Å². The van der Waals surface area contributed by atoms with Crippen molar-refractivity contribution in [2.45, 2.75) is 0 Å². The molecule has 1 aromatic rings. The second-order valence-electron chi connectivity index (χ2n) is 1.22. The summed E-state index contributed by atoms with van der Waals surface area (Å²) < 4.78 is 0. The van der Waals surface area contributed by atoms with Gasteiger partial charge < -0.3 is 0 Å². The van der Waals surface area contributed by atoms with E-state index in [2.05, 4.69) is 17.3 Å². The molecule has 1 heterocycles. The molecule has 0 unspecified atom stereocenters. The summed E-state index contributed by atoms with van der Waals surface area (Å²) in [7, 11) is 0. The minimum Gasteiger partial charge on any atom is -0.245 e. The molecule has 0 saturated heterocycles. The van der Waals surface area contributed by atoms with Gasteiger partial charge in [0, 0.05) is 17.7 Å². The van der Waals surface area contributed by atoms with E-state index in [1.807, 2.05) is 5.38 Å². The summed E-state index contributed by atoms with van der Waals surface area (Å²) in [5, 5.41) is 2.88. The Morgan fingerprint density at radius 2 is 2.75 bits per heavy atom. The minimum absolute atomic E-state index is 0.958. The van der Waals surface area contributed by atoms with E-state index in [4.69, 9.17) is 0 Å². The van der Waals surface area contributed by atoms with Crippen LogP contribution in [0.25, 0.3) is 6.08 Å². The van der Waals surface area contributed by atoms with Gasteiger partial charge in [-0.3, -0.25) is 0 Å². The van der Waals surface area contributed by atoms with E-state index in [9.17, 15) is 0 Å². The van der Waals surface area contributed by atoms with Crippen LogP contribution in [0.5, 0.6) is 0 Å². The molecular formula is C6H5NS. The normalized spacial score (nSPS) is 8.00. The van der Waals surface area contributed by atoms with Crippen molar-refractivity contribution in [2.75, 3.05) is 0 Å². The monoisotopic (exact) mass is 123 g/mol. The van der Waals surface area contributed by atoms with Crippen molar-refractivity contribution in [3.05, 3.63) is 28.9 Å². The predicted molar refractivity (Wildman–Crippen MR) is 35.7 cm³/mol. The molecule has 1 rings (SSSR count). The molecule has 8 heavy (non-hydrogen) atoms. The van der Waals surface area contributed by atoms with Gasteiger partial charge in [0.1, 0.15) is 5.01 Å². The third kappa shape index (κ3) is 1.06. The van der Waals surface area contributed by atoms with E-state index in [1.165, 1.54) is 0 Å².